The number of nitrogen functional groups attached to an aromatic ring is 1. The molecule has 0 saturated carbocycles. The average Bonchev–Trinajstić information content (AvgIpc) is 2.47. The predicted molar refractivity (Wildman–Crippen MR) is 80.0 cm³/mol. The molecule has 8 nitrogen and oxygen atoms in total. The molecule has 8 heteroatoms. The molecule has 0 aromatic carbocycles. The van der Waals surface area contributed by atoms with Crippen molar-refractivity contribution in [3.63, 3.8) is 0 Å². The van der Waals surface area contributed by atoms with E-state index in [9.17, 15) is 9.59 Å². The van der Waals surface area contributed by atoms with Crippen LogP contribution >= 0.6 is 0 Å². The normalized spacial score (nSPS) is 10.5. The summed E-state index contributed by atoms with van der Waals surface area (Å²) in [6.07, 6.45) is 4.77. The number of hydrogen-bond donors (Lipinski definition) is 3. The van der Waals surface area contributed by atoms with E-state index in [0.29, 0.717) is 13.1 Å². The lowest BCUT2D eigenvalue weighted by Crippen LogP contribution is -2.34. The van der Waals surface area contributed by atoms with Crippen LogP contribution < -0.4 is 22.3 Å². The monoisotopic (exact) mass is 290 g/mol. The Balaban J connectivity index is 2.26. The minimum absolute atomic E-state index is 0.145. The van der Waals surface area contributed by atoms with Crippen LogP contribution in [0.2, 0.25) is 0 Å². The van der Waals surface area contributed by atoms with Crippen molar-refractivity contribution in [2.45, 2.75) is 32.9 Å². The molecule has 0 aliphatic rings. The van der Waals surface area contributed by atoms with Gasteiger partial charge in [-0.1, -0.05) is 13.3 Å². The second kappa shape index (κ2) is 6.69. The summed E-state index contributed by atoms with van der Waals surface area (Å²) in [6, 6.07) is 1.73. The number of H-pyrrole nitrogens is 1. The lowest BCUT2D eigenvalue weighted by atomic mass is 10.3. The maximum Gasteiger partial charge on any atom is 0.330 e. The number of nitrogens with one attached hydrogen (secondary N) is 2. The van der Waals surface area contributed by atoms with Crippen LogP contribution in [0.3, 0.4) is 0 Å². The number of hydrogen-bond acceptors (Lipinski definition) is 6. The van der Waals surface area contributed by atoms with Crippen LogP contribution in [0.4, 0.5) is 11.5 Å². The molecule has 2 aromatic rings. The number of rotatable bonds is 6. The van der Waals surface area contributed by atoms with Crippen molar-refractivity contribution in [1.29, 1.82) is 0 Å². The zero-order valence-corrected chi connectivity index (χ0v) is 11.8. The highest BCUT2D eigenvalue weighted by Gasteiger charge is 2.11. The van der Waals surface area contributed by atoms with Gasteiger partial charge in [0.2, 0.25) is 0 Å². The van der Waals surface area contributed by atoms with E-state index in [4.69, 9.17) is 5.73 Å². The molecule has 0 aliphatic carbocycles. The second-order valence-corrected chi connectivity index (χ2v) is 4.58. The van der Waals surface area contributed by atoms with Gasteiger partial charge in [0.25, 0.3) is 5.56 Å². The topological polar surface area (TPSA) is 119 Å². The molecule has 0 saturated heterocycles. The Morgan fingerprint density at radius 1 is 1.43 bits per heavy atom. The number of nitrogens with two attached hydrogens (primary N) is 1. The van der Waals surface area contributed by atoms with E-state index in [1.807, 2.05) is 6.92 Å². The number of aromatic nitrogens is 4. The molecule has 0 bridgehead atoms. The van der Waals surface area contributed by atoms with Crippen LogP contribution in [0.1, 0.15) is 25.5 Å². The molecular formula is C13H18N6O2. The van der Waals surface area contributed by atoms with Gasteiger partial charge in [-0.15, -0.1) is 0 Å². The Bertz CT molecular complexity index is 707. The van der Waals surface area contributed by atoms with Crippen LogP contribution in [-0.4, -0.2) is 19.5 Å². The molecule has 0 aliphatic heterocycles. The second-order valence-electron chi connectivity index (χ2n) is 4.58. The molecule has 112 valence electrons. The van der Waals surface area contributed by atoms with Gasteiger partial charge >= 0.3 is 5.69 Å². The maximum absolute atomic E-state index is 11.9. The van der Waals surface area contributed by atoms with Crippen LogP contribution in [-0.2, 0) is 13.1 Å². The van der Waals surface area contributed by atoms with Crippen molar-refractivity contribution < 1.29 is 0 Å². The fraction of sp³-hybridized carbons (Fsp3) is 0.385. The van der Waals surface area contributed by atoms with E-state index < -0.39 is 11.2 Å². The maximum atomic E-state index is 11.9. The van der Waals surface area contributed by atoms with Gasteiger partial charge in [-0.3, -0.25) is 14.3 Å². The van der Waals surface area contributed by atoms with Gasteiger partial charge in [0.1, 0.15) is 17.8 Å². The van der Waals surface area contributed by atoms with Gasteiger partial charge in [0.05, 0.1) is 12.2 Å². The van der Waals surface area contributed by atoms with E-state index in [1.54, 1.807) is 12.3 Å². The van der Waals surface area contributed by atoms with Crippen molar-refractivity contribution in [1.82, 2.24) is 19.5 Å². The van der Waals surface area contributed by atoms with E-state index in [0.717, 1.165) is 18.5 Å². The van der Waals surface area contributed by atoms with Gasteiger partial charge in [0.15, 0.2) is 0 Å². The molecular weight excluding hydrogens is 272 g/mol. The lowest BCUT2D eigenvalue weighted by molar-refractivity contribution is 0.605. The minimum atomic E-state index is -0.528. The van der Waals surface area contributed by atoms with E-state index in [-0.39, 0.29) is 11.5 Å². The van der Waals surface area contributed by atoms with Crippen LogP contribution in [0.5, 0.6) is 0 Å². The number of aromatic amines is 1. The molecule has 2 aromatic heterocycles. The quantitative estimate of drug-likeness (QED) is 0.705. The molecule has 21 heavy (non-hydrogen) atoms. The summed E-state index contributed by atoms with van der Waals surface area (Å²) in [6.45, 7) is 2.81. The minimum Gasteiger partial charge on any atom is -0.383 e. The molecule has 0 spiro atoms. The predicted octanol–water partition coefficient (Wildman–Crippen LogP) is 0.321. The standard InChI is InChI=1S/C13H18N6O2/c1-2-3-6-19-11(14)10(12(20)18-13(19)21)16-7-9-4-5-15-8-17-9/h4-5,8,16H,2-3,6-7,14H2,1H3,(H,18,20,21). The largest absolute Gasteiger partial charge is 0.383 e. The highest BCUT2D eigenvalue weighted by molar-refractivity contribution is 5.60. The smallest absolute Gasteiger partial charge is 0.330 e. The first-order chi connectivity index (χ1) is 10.1. The van der Waals surface area contributed by atoms with Gasteiger partial charge in [-0.2, -0.15) is 0 Å². The van der Waals surface area contributed by atoms with Crippen LogP contribution in [0.25, 0.3) is 0 Å². The van der Waals surface area contributed by atoms with Gasteiger partial charge in [-0.05, 0) is 12.5 Å². The molecule has 0 radical (unpaired) electrons. The summed E-state index contributed by atoms with van der Waals surface area (Å²) in [4.78, 5) is 33.8. The zero-order chi connectivity index (χ0) is 15.2. The van der Waals surface area contributed by atoms with Crippen molar-refractivity contribution >= 4 is 11.5 Å². The Hall–Kier alpha value is -2.64. The third kappa shape index (κ3) is 3.47. The Morgan fingerprint density at radius 3 is 2.90 bits per heavy atom. The first-order valence-corrected chi connectivity index (χ1v) is 6.74. The number of nitrogens with zero attached hydrogens (tertiary/aromatic N) is 3. The van der Waals surface area contributed by atoms with Crippen molar-refractivity contribution in [3.05, 3.63) is 45.1 Å². The van der Waals surface area contributed by atoms with Gasteiger partial charge < -0.3 is 11.1 Å². The number of anilines is 2. The lowest BCUT2D eigenvalue weighted by Gasteiger charge is -2.13. The van der Waals surface area contributed by atoms with E-state index in [2.05, 4.69) is 20.3 Å². The molecule has 0 fully saturated rings. The number of unbranched alkanes of at least 4 members (excludes halogenated alkanes) is 1. The van der Waals surface area contributed by atoms with Crippen LogP contribution in [0, 0.1) is 0 Å². The fourth-order valence-electron chi connectivity index (χ4n) is 1.90. The first kappa shape index (κ1) is 14.8. The highest BCUT2D eigenvalue weighted by Crippen LogP contribution is 2.11. The molecule has 0 atom stereocenters. The summed E-state index contributed by atoms with van der Waals surface area (Å²) >= 11 is 0. The molecule has 0 amide bonds. The van der Waals surface area contributed by atoms with Crippen molar-refractivity contribution in [3.8, 4) is 0 Å². The molecule has 4 N–H and O–H groups in total. The molecule has 2 heterocycles. The summed E-state index contributed by atoms with van der Waals surface area (Å²) in [7, 11) is 0. The van der Waals surface area contributed by atoms with E-state index in [1.165, 1.54) is 10.9 Å². The SMILES string of the molecule is CCCCn1c(N)c(NCc2ccncn2)c(=O)[nH]c1=O. The van der Waals surface area contributed by atoms with Crippen molar-refractivity contribution in [2.24, 2.45) is 0 Å². The highest BCUT2D eigenvalue weighted by atomic mass is 16.2. The zero-order valence-electron chi connectivity index (χ0n) is 11.8. The van der Waals surface area contributed by atoms with Crippen molar-refractivity contribution in [2.75, 3.05) is 11.1 Å². The van der Waals surface area contributed by atoms with Crippen LogP contribution in [0.15, 0.2) is 28.2 Å². The summed E-state index contributed by atoms with van der Waals surface area (Å²) in [5, 5.41) is 2.92. The third-order valence-electron chi connectivity index (χ3n) is 3.06. The summed E-state index contributed by atoms with van der Waals surface area (Å²) < 4.78 is 1.37. The first-order valence-electron chi connectivity index (χ1n) is 6.74. The fourth-order valence-corrected chi connectivity index (χ4v) is 1.90. The Labute approximate surface area is 121 Å². The van der Waals surface area contributed by atoms with Gasteiger partial charge in [0, 0.05) is 12.7 Å². The van der Waals surface area contributed by atoms with Gasteiger partial charge in [-0.25, -0.2) is 14.8 Å². The molecule has 2 rings (SSSR count). The third-order valence-corrected chi connectivity index (χ3v) is 3.06. The molecule has 0 unspecified atom stereocenters. The Kier molecular flexibility index (Phi) is 4.70. The average molecular weight is 290 g/mol. The Morgan fingerprint density at radius 2 is 2.24 bits per heavy atom. The summed E-state index contributed by atoms with van der Waals surface area (Å²) in [5.74, 6) is 0.145. The summed E-state index contributed by atoms with van der Waals surface area (Å²) in [5.41, 5.74) is 5.82. The van der Waals surface area contributed by atoms with E-state index >= 15 is 0 Å².